The number of fused-ring (bicyclic) bond motifs is 3. The molecule has 0 aromatic heterocycles. The van der Waals surface area contributed by atoms with E-state index in [1.165, 1.54) is 0 Å². The number of rotatable bonds is 6. The summed E-state index contributed by atoms with van der Waals surface area (Å²) in [7, 11) is 0. The van der Waals surface area contributed by atoms with E-state index in [4.69, 9.17) is 4.74 Å². The Morgan fingerprint density at radius 1 is 1.06 bits per heavy atom. The van der Waals surface area contributed by atoms with E-state index in [0.717, 1.165) is 27.8 Å². The molecule has 4 rings (SSSR count). The van der Waals surface area contributed by atoms with Gasteiger partial charge in [-0.15, -0.1) is 0 Å². The summed E-state index contributed by atoms with van der Waals surface area (Å²) in [6.45, 7) is 1.93. The van der Waals surface area contributed by atoms with Gasteiger partial charge < -0.3 is 20.3 Å². The molecular weight excluding hydrogens is 474 g/mol. The topological polar surface area (TPSA) is 95.9 Å². The van der Waals surface area contributed by atoms with Crippen molar-refractivity contribution < 1.29 is 24.5 Å². The number of ether oxygens (including phenoxy) is 1. The van der Waals surface area contributed by atoms with Gasteiger partial charge in [0.1, 0.15) is 18.4 Å². The highest BCUT2D eigenvalue weighted by molar-refractivity contribution is 9.10. The van der Waals surface area contributed by atoms with Gasteiger partial charge in [-0.1, -0.05) is 54.6 Å². The summed E-state index contributed by atoms with van der Waals surface area (Å²) >= 11 is 3.25. The molecule has 1 aliphatic rings. The minimum atomic E-state index is -1.25. The Balaban J connectivity index is 1.46. The summed E-state index contributed by atoms with van der Waals surface area (Å²) in [5, 5.41) is 22.2. The lowest BCUT2D eigenvalue weighted by atomic mass is 9.98. The Hall–Kier alpha value is -3.32. The summed E-state index contributed by atoms with van der Waals surface area (Å²) in [5.41, 5.74) is 5.65. The van der Waals surface area contributed by atoms with E-state index < -0.39 is 18.1 Å². The van der Waals surface area contributed by atoms with Crippen molar-refractivity contribution >= 4 is 28.0 Å². The first-order valence-electron chi connectivity index (χ1n) is 10.2. The molecule has 1 atom stereocenters. The molecule has 1 amide bonds. The van der Waals surface area contributed by atoms with Crippen LogP contribution in [-0.2, 0) is 16.0 Å². The molecule has 32 heavy (non-hydrogen) atoms. The molecule has 3 aromatic rings. The van der Waals surface area contributed by atoms with E-state index >= 15 is 0 Å². The average molecular weight is 496 g/mol. The molecule has 1 unspecified atom stereocenters. The van der Waals surface area contributed by atoms with Gasteiger partial charge in [0.05, 0.1) is 4.47 Å². The first-order valence-corrected chi connectivity index (χ1v) is 11.0. The Bertz CT molecular complexity index is 1150. The highest BCUT2D eigenvalue weighted by Crippen LogP contribution is 2.44. The van der Waals surface area contributed by atoms with E-state index in [9.17, 15) is 19.8 Å². The number of hydrogen-bond donors (Lipinski definition) is 3. The van der Waals surface area contributed by atoms with Gasteiger partial charge in [0.25, 0.3) is 0 Å². The molecule has 0 radical (unpaired) electrons. The van der Waals surface area contributed by atoms with Crippen LogP contribution in [0.2, 0.25) is 0 Å². The van der Waals surface area contributed by atoms with Crippen molar-refractivity contribution in [3.63, 3.8) is 0 Å². The number of halogens is 1. The number of nitrogens with one attached hydrogen (secondary N) is 1. The lowest BCUT2D eigenvalue weighted by molar-refractivity contribution is -0.139. The van der Waals surface area contributed by atoms with Crippen molar-refractivity contribution in [3.8, 4) is 16.9 Å². The zero-order valence-corrected chi connectivity index (χ0v) is 18.9. The first kappa shape index (κ1) is 21.9. The van der Waals surface area contributed by atoms with Crippen LogP contribution in [0.15, 0.2) is 65.1 Å². The number of phenolic OH excluding ortho intramolecular Hbond substituents is 1. The first-order chi connectivity index (χ1) is 15.3. The molecule has 6 nitrogen and oxygen atoms in total. The van der Waals surface area contributed by atoms with Crippen LogP contribution in [0, 0.1) is 6.92 Å². The van der Waals surface area contributed by atoms with E-state index in [-0.39, 0.29) is 24.7 Å². The van der Waals surface area contributed by atoms with Gasteiger partial charge in [-0.05, 0) is 62.3 Å². The van der Waals surface area contributed by atoms with Crippen LogP contribution in [0.1, 0.15) is 28.2 Å². The molecule has 0 spiro atoms. The standard InChI is InChI=1S/C25H22BrNO5/c1-14-10-15(23(28)21(26)11-14)12-22(24(29)30)27-25(31)32-13-20-18-8-4-2-6-16(18)17-7-3-5-9-19(17)20/h2-11,20,22,28H,12-13H2,1H3,(H,27,31)(H,29,30). The van der Waals surface area contributed by atoms with Crippen LogP contribution in [-0.4, -0.2) is 34.9 Å². The lowest BCUT2D eigenvalue weighted by Crippen LogP contribution is -2.43. The minimum absolute atomic E-state index is 0.0452. The summed E-state index contributed by atoms with van der Waals surface area (Å²) in [6.07, 6.45) is -0.892. The van der Waals surface area contributed by atoms with Crippen LogP contribution in [0.25, 0.3) is 11.1 Å². The van der Waals surface area contributed by atoms with Crippen LogP contribution < -0.4 is 5.32 Å². The molecule has 1 aliphatic carbocycles. The van der Waals surface area contributed by atoms with Gasteiger partial charge in [0, 0.05) is 12.3 Å². The fourth-order valence-electron chi connectivity index (χ4n) is 4.16. The van der Waals surface area contributed by atoms with E-state index in [1.807, 2.05) is 55.5 Å². The van der Waals surface area contributed by atoms with Crippen molar-refractivity contribution in [2.45, 2.75) is 25.3 Å². The summed E-state index contributed by atoms with van der Waals surface area (Å²) < 4.78 is 5.92. The number of alkyl carbamates (subject to hydrolysis) is 1. The van der Waals surface area contributed by atoms with Crippen molar-refractivity contribution in [2.24, 2.45) is 0 Å². The number of aromatic hydroxyl groups is 1. The number of hydrogen-bond acceptors (Lipinski definition) is 4. The molecule has 3 N–H and O–H groups in total. The van der Waals surface area contributed by atoms with Gasteiger partial charge >= 0.3 is 12.1 Å². The highest BCUT2D eigenvalue weighted by Gasteiger charge is 2.30. The van der Waals surface area contributed by atoms with Gasteiger partial charge in [0.15, 0.2) is 0 Å². The normalized spacial score (nSPS) is 13.2. The number of aliphatic carboxylic acids is 1. The van der Waals surface area contributed by atoms with Gasteiger partial charge in [-0.2, -0.15) is 0 Å². The zero-order chi connectivity index (χ0) is 22.8. The molecule has 7 heteroatoms. The van der Waals surface area contributed by atoms with E-state index in [1.54, 1.807) is 12.1 Å². The number of amides is 1. The predicted molar refractivity (Wildman–Crippen MR) is 124 cm³/mol. The fraction of sp³-hybridized carbons (Fsp3) is 0.200. The van der Waals surface area contributed by atoms with Crippen molar-refractivity contribution in [3.05, 3.63) is 87.4 Å². The molecule has 164 valence electrons. The van der Waals surface area contributed by atoms with Crippen LogP contribution in [0.4, 0.5) is 4.79 Å². The molecule has 0 fully saturated rings. The minimum Gasteiger partial charge on any atom is -0.506 e. The maximum Gasteiger partial charge on any atom is 0.407 e. The maximum atomic E-state index is 12.5. The van der Waals surface area contributed by atoms with Crippen LogP contribution in [0.5, 0.6) is 5.75 Å². The SMILES string of the molecule is Cc1cc(Br)c(O)c(CC(NC(=O)OCC2c3ccccc3-c3ccccc32)C(=O)O)c1. The number of carbonyl (C=O) groups excluding carboxylic acids is 1. The van der Waals surface area contributed by atoms with E-state index in [0.29, 0.717) is 10.0 Å². The Morgan fingerprint density at radius 2 is 1.66 bits per heavy atom. The van der Waals surface area contributed by atoms with Gasteiger partial charge in [-0.3, -0.25) is 0 Å². The Morgan fingerprint density at radius 3 is 2.25 bits per heavy atom. The molecule has 0 saturated heterocycles. The molecule has 0 aliphatic heterocycles. The number of phenols is 1. The van der Waals surface area contributed by atoms with Gasteiger partial charge in [0.2, 0.25) is 0 Å². The predicted octanol–water partition coefficient (Wildman–Crippen LogP) is 5.00. The van der Waals surface area contributed by atoms with Crippen molar-refractivity contribution in [1.82, 2.24) is 5.32 Å². The quantitative estimate of drug-likeness (QED) is 0.447. The lowest BCUT2D eigenvalue weighted by Gasteiger charge is -2.18. The number of carboxylic acids is 1. The summed E-state index contributed by atoms with van der Waals surface area (Å²) in [4.78, 5) is 24.2. The number of carbonyl (C=O) groups is 2. The Labute approximate surface area is 194 Å². The largest absolute Gasteiger partial charge is 0.506 e. The average Bonchev–Trinajstić information content (AvgIpc) is 3.09. The van der Waals surface area contributed by atoms with Gasteiger partial charge in [-0.25, -0.2) is 9.59 Å². The molecule has 3 aromatic carbocycles. The number of aryl methyl sites for hydroxylation is 1. The molecular formula is C25H22BrNO5. The van der Waals surface area contributed by atoms with E-state index in [2.05, 4.69) is 21.2 Å². The fourth-order valence-corrected chi connectivity index (χ4v) is 4.78. The van der Waals surface area contributed by atoms with Crippen molar-refractivity contribution in [2.75, 3.05) is 6.61 Å². The Kier molecular flexibility index (Phi) is 6.19. The smallest absolute Gasteiger partial charge is 0.407 e. The molecule has 0 saturated carbocycles. The zero-order valence-electron chi connectivity index (χ0n) is 17.3. The second kappa shape index (κ2) is 9.04. The third-order valence-corrected chi connectivity index (χ3v) is 6.25. The monoisotopic (exact) mass is 495 g/mol. The molecule has 0 heterocycles. The number of carboxylic acid groups (broad SMARTS) is 1. The summed E-state index contributed by atoms with van der Waals surface area (Å²) in [6, 6.07) is 18.1. The van der Waals surface area contributed by atoms with Crippen LogP contribution in [0.3, 0.4) is 0 Å². The second-order valence-corrected chi connectivity index (χ2v) is 8.67. The number of benzene rings is 3. The highest BCUT2D eigenvalue weighted by atomic mass is 79.9. The third-order valence-electron chi connectivity index (χ3n) is 5.64. The maximum absolute atomic E-state index is 12.5. The van der Waals surface area contributed by atoms with Crippen LogP contribution >= 0.6 is 15.9 Å². The van der Waals surface area contributed by atoms with Crippen molar-refractivity contribution in [1.29, 1.82) is 0 Å². The molecule has 0 bridgehead atoms. The summed E-state index contributed by atoms with van der Waals surface area (Å²) in [5.74, 6) is -1.38. The third kappa shape index (κ3) is 4.34. The second-order valence-electron chi connectivity index (χ2n) is 7.82.